The molecular weight excluding hydrogens is 176 g/mol. The second kappa shape index (κ2) is 6.38. The summed E-state index contributed by atoms with van der Waals surface area (Å²) in [6, 6.07) is 0.281. The lowest BCUT2D eigenvalue weighted by Gasteiger charge is -2.31. The van der Waals surface area contributed by atoms with E-state index in [4.69, 9.17) is 10.5 Å². The summed E-state index contributed by atoms with van der Waals surface area (Å²) in [5, 5.41) is 0. The standard InChI is InChI=1S/C11H24N2O/c1-10-3-6-13(7-4-10)9-11(12)5-8-14-2/h10-11H,3-9,12H2,1-2H3. The van der Waals surface area contributed by atoms with Crippen LogP contribution in [0.15, 0.2) is 0 Å². The molecule has 14 heavy (non-hydrogen) atoms. The quantitative estimate of drug-likeness (QED) is 0.722. The Balaban J connectivity index is 2.10. The second-order valence-corrected chi connectivity index (χ2v) is 4.52. The van der Waals surface area contributed by atoms with E-state index in [1.807, 2.05) is 0 Å². The lowest BCUT2D eigenvalue weighted by Crippen LogP contribution is -2.42. The minimum atomic E-state index is 0.281. The van der Waals surface area contributed by atoms with E-state index in [1.165, 1.54) is 25.9 Å². The number of nitrogens with two attached hydrogens (primary N) is 1. The van der Waals surface area contributed by atoms with Crippen molar-refractivity contribution in [2.24, 2.45) is 11.7 Å². The van der Waals surface area contributed by atoms with Gasteiger partial charge in [-0.15, -0.1) is 0 Å². The van der Waals surface area contributed by atoms with Gasteiger partial charge in [0.25, 0.3) is 0 Å². The molecule has 84 valence electrons. The number of nitrogens with zero attached hydrogens (tertiary/aromatic N) is 1. The Bertz CT molecular complexity index is 144. The van der Waals surface area contributed by atoms with Crippen LogP contribution in [0.5, 0.6) is 0 Å². The van der Waals surface area contributed by atoms with E-state index in [9.17, 15) is 0 Å². The Hall–Kier alpha value is -0.120. The molecule has 0 saturated carbocycles. The highest BCUT2D eigenvalue weighted by Gasteiger charge is 2.17. The van der Waals surface area contributed by atoms with Crippen LogP contribution >= 0.6 is 0 Å². The zero-order chi connectivity index (χ0) is 10.4. The first kappa shape index (κ1) is 12.0. The molecule has 0 aromatic carbocycles. The van der Waals surface area contributed by atoms with Crippen LogP contribution in [0.2, 0.25) is 0 Å². The monoisotopic (exact) mass is 200 g/mol. The van der Waals surface area contributed by atoms with Crippen molar-refractivity contribution < 1.29 is 4.74 Å². The van der Waals surface area contributed by atoms with Gasteiger partial charge in [0, 0.05) is 26.3 Å². The predicted octanol–water partition coefficient (Wildman–Crippen LogP) is 1.08. The van der Waals surface area contributed by atoms with Gasteiger partial charge in [-0.25, -0.2) is 0 Å². The zero-order valence-electron chi connectivity index (χ0n) is 9.54. The van der Waals surface area contributed by atoms with Crippen molar-refractivity contribution in [2.45, 2.75) is 32.2 Å². The van der Waals surface area contributed by atoms with Crippen LogP contribution in [0.4, 0.5) is 0 Å². The number of likely N-dealkylation sites (tertiary alicyclic amines) is 1. The van der Waals surface area contributed by atoms with Gasteiger partial charge in [-0.05, 0) is 38.3 Å². The molecule has 0 spiro atoms. The SMILES string of the molecule is COCCC(N)CN1CCC(C)CC1. The van der Waals surface area contributed by atoms with Crippen LogP contribution < -0.4 is 5.73 Å². The van der Waals surface area contributed by atoms with E-state index >= 15 is 0 Å². The third-order valence-corrected chi connectivity index (χ3v) is 3.06. The molecule has 1 unspecified atom stereocenters. The Kier molecular flexibility index (Phi) is 5.45. The molecule has 1 heterocycles. The summed E-state index contributed by atoms with van der Waals surface area (Å²) in [6.45, 7) is 6.60. The topological polar surface area (TPSA) is 38.5 Å². The molecule has 0 aliphatic carbocycles. The number of methoxy groups -OCH3 is 1. The maximum Gasteiger partial charge on any atom is 0.0477 e. The molecule has 3 nitrogen and oxygen atoms in total. The molecule has 1 fully saturated rings. The van der Waals surface area contributed by atoms with Gasteiger partial charge in [-0.2, -0.15) is 0 Å². The van der Waals surface area contributed by atoms with E-state index in [0.29, 0.717) is 0 Å². The first-order valence-electron chi connectivity index (χ1n) is 5.69. The van der Waals surface area contributed by atoms with Crippen LogP contribution in [0.1, 0.15) is 26.2 Å². The van der Waals surface area contributed by atoms with Crippen molar-refractivity contribution in [3.63, 3.8) is 0 Å². The van der Waals surface area contributed by atoms with Gasteiger partial charge in [-0.3, -0.25) is 0 Å². The fourth-order valence-corrected chi connectivity index (χ4v) is 1.94. The second-order valence-electron chi connectivity index (χ2n) is 4.52. The van der Waals surface area contributed by atoms with Crippen LogP contribution in [-0.4, -0.2) is 44.3 Å². The van der Waals surface area contributed by atoms with Crippen molar-refractivity contribution in [3.05, 3.63) is 0 Å². The molecule has 0 radical (unpaired) electrons. The van der Waals surface area contributed by atoms with Gasteiger partial charge in [-0.1, -0.05) is 6.92 Å². The van der Waals surface area contributed by atoms with Crippen LogP contribution in [0.25, 0.3) is 0 Å². The molecule has 1 atom stereocenters. The Morgan fingerprint density at radius 1 is 1.43 bits per heavy atom. The highest BCUT2D eigenvalue weighted by molar-refractivity contribution is 4.73. The summed E-state index contributed by atoms with van der Waals surface area (Å²) >= 11 is 0. The Morgan fingerprint density at radius 3 is 2.64 bits per heavy atom. The minimum Gasteiger partial charge on any atom is -0.385 e. The number of piperidine rings is 1. The highest BCUT2D eigenvalue weighted by Crippen LogP contribution is 2.15. The molecule has 1 saturated heterocycles. The molecule has 3 heteroatoms. The largest absolute Gasteiger partial charge is 0.385 e. The number of hydrogen-bond donors (Lipinski definition) is 1. The maximum atomic E-state index is 6.00. The lowest BCUT2D eigenvalue weighted by molar-refractivity contribution is 0.155. The summed E-state index contributed by atoms with van der Waals surface area (Å²) in [6.07, 6.45) is 3.64. The van der Waals surface area contributed by atoms with Crippen molar-refractivity contribution in [3.8, 4) is 0 Å². The summed E-state index contributed by atoms with van der Waals surface area (Å²) in [4.78, 5) is 2.49. The molecule has 1 aliphatic heterocycles. The first-order chi connectivity index (χ1) is 6.72. The van der Waals surface area contributed by atoms with Crippen LogP contribution in [0.3, 0.4) is 0 Å². The van der Waals surface area contributed by atoms with Gasteiger partial charge in [0.15, 0.2) is 0 Å². The van der Waals surface area contributed by atoms with E-state index in [0.717, 1.165) is 25.5 Å². The molecule has 0 amide bonds. The smallest absolute Gasteiger partial charge is 0.0477 e. The number of hydrogen-bond acceptors (Lipinski definition) is 3. The Labute approximate surface area is 87.6 Å². The molecule has 1 aliphatic rings. The zero-order valence-corrected chi connectivity index (χ0v) is 9.54. The number of rotatable bonds is 5. The third-order valence-electron chi connectivity index (χ3n) is 3.06. The van der Waals surface area contributed by atoms with E-state index in [1.54, 1.807) is 7.11 Å². The maximum absolute atomic E-state index is 6.00. The average molecular weight is 200 g/mol. The normalized spacial score (nSPS) is 22.5. The minimum absolute atomic E-state index is 0.281. The molecule has 2 N–H and O–H groups in total. The van der Waals surface area contributed by atoms with E-state index in [-0.39, 0.29) is 6.04 Å². The molecular formula is C11H24N2O. The van der Waals surface area contributed by atoms with E-state index < -0.39 is 0 Å². The number of ether oxygens (including phenoxy) is 1. The lowest BCUT2D eigenvalue weighted by atomic mass is 9.99. The van der Waals surface area contributed by atoms with Gasteiger partial charge >= 0.3 is 0 Å². The first-order valence-corrected chi connectivity index (χ1v) is 5.69. The Morgan fingerprint density at radius 2 is 2.07 bits per heavy atom. The van der Waals surface area contributed by atoms with Gasteiger partial charge in [0.05, 0.1) is 0 Å². The fourth-order valence-electron chi connectivity index (χ4n) is 1.94. The van der Waals surface area contributed by atoms with E-state index in [2.05, 4.69) is 11.8 Å². The molecule has 0 bridgehead atoms. The van der Waals surface area contributed by atoms with Crippen molar-refractivity contribution in [2.75, 3.05) is 33.4 Å². The van der Waals surface area contributed by atoms with Crippen molar-refractivity contribution in [1.82, 2.24) is 4.90 Å². The summed E-state index contributed by atoms with van der Waals surface area (Å²) in [7, 11) is 1.73. The van der Waals surface area contributed by atoms with Crippen molar-refractivity contribution >= 4 is 0 Å². The van der Waals surface area contributed by atoms with Crippen LogP contribution in [0, 0.1) is 5.92 Å². The van der Waals surface area contributed by atoms with Gasteiger partial charge < -0.3 is 15.4 Å². The van der Waals surface area contributed by atoms with Gasteiger partial charge in [0.2, 0.25) is 0 Å². The van der Waals surface area contributed by atoms with Crippen LogP contribution in [-0.2, 0) is 4.74 Å². The summed E-state index contributed by atoms with van der Waals surface area (Å²) < 4.78 is 5.02. The molecule has 0 aromatic heterocycles. The predicted molar refractivity (Wildman–Crippen MR) is 59.3 cm³/mol. The average Bonchev–Trinajstić information content (AvgIpc) is 2.18. The summed E-state index contributed by atoms with van der Waals surface area (Å²) in [5.41, 5.74) is 6.00. The van der Waals surface area contributed by atoms with Gasteiger partial charge in [0.1, 0.15) is 0 Å². The molecule has 0 aromatic rings. The fraction of sp³-hybridized carbons (Fsp3) is 1.00. The third kappa shape index (κ3) is 4.40. The highest BCUT2D eigenvalue weighted by atomic mass is 16.5. The van der Waals surface area contributed by atoms with Crippen molar-refractivity contribution in [1.29, 1.82) is 0 Å². The molecule has 1 rings (SSSR count). The summed E-state index contributed by atoms with van der Waals surface area (Å²) in [5.74, 6) is 0.904.